The molecule has 5 nitrogen and oxygen atoms in total. The molecule has 1 amide bonds. The van der Waals surface area contributed by atoms with Gasteiger partial charge in [-0.15, -0.1) is 0 Å². The molecule has 1 fully saturated rings. The molecule has 1 aliphatic rings. The number of methoxy groups -OCH3 is 1. The summed E-state index contributed by atoms with van der Waals surface area (Å²) >= 11 is 0. The smallest absolute Gasteiger partial charge is 0.255 e. The maximum absolute atomic E-state index is 13.9. The van der Waals surface area contributed by atoms with E-state index in [1.54, 1.807) is 25.3 Å². The molecule has 1 N–H and O–H groups in total. The number of amides is 1. The van der Waals surface area contributed by atoms with Gasteiger partial charge in [0.15, 0.2) is 0 Å². The summed E-state index contributed by atoms with van der Waals surface area (Å²) in [4.78, 5) is 16.6. The number of hydrogen-bond donors (Lipinski definition) is 1. The molecule has 0 aliphatic carbocycles. The molecule has 2 aromatic carbocycles. The third-order valence-electron chi connectivity index (χ3n) is 4.63. The SMILES string of the molecule is COc1ccccc1C(=O)NCCN1CCN(c2ccccc2F)CC1. The zero-order valence-electron chi connectivity index (χ0n) is 15.0. The van der Waals surface area contributed by atoms with Gasteiger partial charge >= 0.3 is 0 Å². The normalized spacial score (nSPS) is 14.9. The fourth-order valence-electron chi connectivity index (χ4n) is 3.18. The Kier molecular flexibility index (Phi) is 6.07. The van der Waals surface area contributed by atoms with Crippen molar-refractivity contribution in [3.8, 4) is 5.75 Å². The summed E-state index contributed by atoms with van der Waals surface area (Å²) in [7, 11) is 1.56. The summed E-state index contributed by atoms with van der Waals surface area (Å²) in [6.45, 7) is 4.59. The van der Waals surface area contributed by atoms with Crippen molar-refractivity contribution in [3.05, 3.63) is 59.9 Å². The minimum Gasteiger partial charge on any atom is -0.496 e. The molecule has 0 atom stereocenters. The van der Waals surface area contributed by atoms with Gasteiger partial charge in [0, 0.05) is 39.3 Å². The molecule has 1 heterocycles. The van der Waals surface area contributed by atoms with E-state index in [-0.39, 0.29) is 11.7 Å². The minimum atomic E-state index is -0.176. The number of halogens is 1. The Balaban J connectivity index is 1.44. The highest BCUT2D eigenvalue weighted by Crippen LogP contribution is 2.20. The summed E-state index contributed by atoms with van der Waals surface area (Å²) in [5.41, 5.74) is 1.20. The summed E-state index contributed by atoms with van der Waals surface area (Å²) in [6, 6.07) is 14.1. The molecule has 26 heavy (non-hydrogen) atoms. The summed E-state index contributed by atoms with van der Waals surface area (Å²) in [5, 5.41) is 2.94. The van der Waals surface area contributed by atoms with Gasteiger partial charge in [0.1, 0.15) is 11.6 Å². The van der Waals surface area contributed by atoms with Crippen molar-refractivity contribution in [2.75, 3.05) is 51.3 Å². The molecule has 0 unspecified atom stereocenters. The van der Waals surface area contributed by atoms with Crippen LogP contribution in [0, 0.1) is 5.82 Å². The van der Waals surface area contributed by atoms with E-state index in [9.17, 15) is 9.18 Å². The molecule has 6 heteroatoms. The van der Waals surface area contributed by atoms with Gasteiger partial charge in [-0.1, -0.05) is 24.3 Å². The van der Waals surface area contributed by atoms with Gasteiger partial charge in [0.25, 0.3) is 5.91 Å². The van der Waals surface area contributed by atoms with Crippen LogP contribution >= 0.6 is 0 Å². The summed E-state index contributed by atoms with van der Waals surface area (Å²) < 4.78 is 19.1. The third-order valence-corrected chi connectivity index (χ3v) is 4.63. The second-order valence-electron chi connectivity index (χ2n) is 6.24. The van der Waals surface area contributed by atoms with Crippen molar-refractivity contribution in [1.29, 1.82) is 0 Å². The van der Waals surface area contributed by atoms with E-state index < -0.39 is 0 Å². The van der Waals surface area contributed by atoms with Gasteiger partial charge in [-0.3, -0.25) is 9.69 Å². The topological polar surface area (TPSA) is 44.8 Å². The van der Waals surface area contributed by atoms with Crippen LogP contribution in [0.4, 0.5) is 10.1 Å². The molecule has 3 rings (SSSR count). The Morgan fingerprint density at radius 1 is 1.08 bits per heavy atom. The van der Waals surface area contributed by atoms with Gasteiger partial charge < -0.3 is 15.0 Å². The molecule has 1 aliphatic heterocycles. The number of anilines is 1. The number of nitrogens with one attached hydrogen (secondary N) is 1. The maximum Gasteiger partial charge on any atom is 0.255 e. The number of hydrogen-bond acceptors (Lipinski definition) is 4. The van der Waals surface area contributed by atoms with Gasteiger partial charge in [0.05, 0.1) is 18.4 Å². The van der Waals surface area contributed by atoms with Crippen molar-refractivity contribution in [3.63, 3.8) is 0 Å². The molecule has 0 radical (unpaired) electrons. The molecule has 0 spiro atoms. The lowest BCUT2D eigenvalue weighted by atomic mass is 10.2. The second-order valence-corrected chi connectivity index (χ2v) is 6.24. The quantitative estimate of drug-likeness (QED) is 0.862. The molecule has 0 aromatic heterocycles. The average Bonchev–Trinajstić information content (AvgIpc) is 2.69. The first-order valence-electron chi connectivity index (χ1n) is 8.82. The van der Waals surface area contributed by atoms with E-state index in [0.29, 0.717) is 23.5 Å². The molecule has 0 bridgehead atoms. The lowest BCUT2D eigenvalue weighted by molar-refractivity contribution is 0.0944. The van der Waals surface area contributed by atoms with E-state index in [1.165, 1.54) is 6.07 Å². The number of para-hydroxylation sites is 2. The minimum absolute atomic E-state index is 0.132. The molecule has 1 saturated heterocycles. The van der Waals surface area contributed by atoms with Crippen LogP contribution in [0.2, 0.25) is 0 Å². The zero-order valence-corrected chi connectivity index (χ0v) is 15.0. The number of rotatable bonds is 6. The first kappa shape index (κ1) is 18.2. The highest BCUT2D eigenvalue weighted by molar-refractivity contribution is 5.96. The monoisotopic (exact) mass is 357 g/mol. The molecule has 0 saturated carbocycles. The highest BCUT2D eigenvalue weighted by Gasteiger charge is 2.19. The molecular formula is C20H24FN3O2. The van der Waals surface area contributed by atoms with Gasteiger partial charge in [-0.2, -0.15) is 0 Å². The average molecular weight is 357 g/mol. The van der Waals surface area contributed by atoms with Crippen LogP contribution in [0.5, 0.6) is 5.75 Å². The van der Waals surface area contributed by atoms with Crippen LogP contribution in [0.25, 0.3) is 0 Å². The first-order chi connectivity index (χ1) is 12.7. The van der Waals surface area contributed by atoms with E-state index in [0.717, 1.165) is 32.7 Å². The number of piperazine rings is 1. The fourth-order valence-corrected chi connectivity index (χ4v) is 3.18. The Bertz CT molecular complexity index is 745. The Hall–Kier alpha value is -2.60. The third kappa shape index (κ3) is 4.32. The van der Waals surface area contributed by atoms with Crippen LogP contribution in [0.15, 0.2) is 48.5 Å². The van der Waals surface area contributed by atoms with Crippen molar-refractivity contribution in [1.82, 2.24) is 10.2 Å². The van der Waals surface area contributed by atoms with Gasteiger partial charge in [-0.25, -0.2) is 4.39 Å². The lowest BCUT2D eigenvalue weighted by Crippen LogP contribution is -2.48. The Morgan fingerprint density at radius 3 is 2.50 bits per heavy atom. The van der Waals surface area contributed by atoms with Crippen LogP contribution in [-0.4, -0.2) is 57.2 Å². The second kappa shape index (κ2) is 8.67. The molecular weight excluding hydrogens is 333 g/mol. The largest absolute Gasteiger partial charge is 0.496 e. The van der Waals surface area contributed by atoms with E-state index >= 15 is 0 Å². The number of carbonyl (C=O) groups excluding carboxylic acids is 1. The maximum atomic E-state index is 13.9. The van der Waals surface area contributed by atoms with Crippen molar-refractivity contribution >= 4 is 11.6 Å². The number of ether oxygens (including phenoxy) is 1. The summed E-state index contributed by atoms with van der Waals surface area (Å²) in [6.07, 6.45) is 0. The zero-order chi connectivity index (χ0) is 18.4. The number of benzene rings is 2. The fraction of sp³-hybridized carbons (Fsp3) is 0.350. The van der Waals surface area contributed by atoms with Crippen LogP contribution in [-0.2, 0) is 0 Å². The van der Waals surface area contributed by atoms with Crippen LogP contribution < -0.4 is 15.0 Å². The van der Waals surface area contributed by atoms with Crippen molar-refractivity contribution < 1.29 is 13.9 Å². The molecule has 2 aromatic rings. The molecule has 138 valence electrons. The highest BCUT2D eigenvalue weighted by atomic mass is 19.1. The summed E-state index contributed by atoms with van der Waals surface area (Å²) in [5.74, 6) is 0.265. The Morgan fingerprint density at radius 2 is 1.77 bits per heavy atom. The first-order valence-corrected chi connectivity index (χ1v) is 8.82. The Labute approximate surface area is 153 Å². The van der Waals surface area contributed by atoms with Gasteiger partial charge in [-0.05, 0) is 24.3 Å². The number of nitrogens with zero attached hydrogens (tertiary/aromatic N) is 2. The number of carbonyl (C=O) groups is 1. The lowest BCUT2D eigenvalue weighted by Gasteiger charge is -2.36. The van der Waals surface area contributed by atoms with E-state index in [1.807, 2.05) is 24.3 Å². The predicted molar refractivity (Wildman–Crippen MR) is 100 cm³/mol. The van der Waals surface area contributed by atoms with Crippen molar-refractivity contribution in [2.45, 2.75) is 0 Å². The van der Waals surface area contributed by atoms with Crippen LogP contribution in [0.3, 0.4) is 0 Å². The van der Waals surface area contributed by atoms with Crippen LogP contribution in [0.1, 0.15) is 10.4 Å². The standard InChI is InChI=1S/C20H24FN3O2/c1-26-19-9-5-2-6-16(19)20(25)22-10-11-23-12-14-24(15-13-23)18-8-4-3-7-17(18)21/h2-9H,10-15H2,1H3,(H,22,25). The van der Waals surface area contributed by atoms with Gasteiger partial charge in [0.2, 0.25) is 0 Å². The van der Waals surface area contributed by atoms with E-state index in [4.69, 9.17) is 4.74 Å². The van der Waals surface area contributed by atoms with E-state index in [2.05, 4.69) is 15.1 Å². The van der Waals surface area contributed by atoms with Crippen molar-refractivity contribution in [2.24, 2.45) is 0 Å². The predicted octanol–water partition coefficient (Wildman–Crippen LogP) is 2.39.